The second kappa shape index (κ2) is 6.42. The first-order valence-corrected chi connectivity index (χ1v) is 10.3. The molecule has 28 heavy (non-hydrogen) atoms. The number of likely N-dealkylation sites (tertiary alicyclic amines) is 1. The Morgan fingerprint density at radius 1 is 1.04 bits per heavy atom. The Morgan fingerprint density at radius 3 is 2.36 bits per heavy atom. The van der Waals surface area contributed by atoms with E-state index >= 15 is 0 Å². The van der Waals surface area contributed by atoms with Crippen molar-refractivity contribution in [1.82, 2.24) is 9.62 Å². The lowest BCUT2D eigenvalue weighted by Gasteiger charge is -2.21. The van der Waals surface area contributed by atoms with Crippen LogP contribution in [-0.4, -0.2) is 39.3 Å². The lowest BCUT2D eigenvalue weighted by atomic mass is 9.94. The quantitative estimate of drug-likeness (QED) is 0.789. The molecule has 0 radical (unpaired) electrons. The standard InChI is InChI=1S/C20H20N2O5S/c1-11-7-9-12(10-8-11)28(25,26)21-18-15-13(5-4-6-14(15)27-3)16-17(18)20(24)22(2)19(16)23/h4-10,16-18,21H,1-3H3/t16-,17-,18-/m1/s1. The van der Waals surface area contributed by atoms with Crippen molar-refractivity contribution in [2.45, 2.75) is 23.8 Å². The van der Waals surface area contributed by atoms with E-state index in [0.29, 0.717) is 16.9 Å². The Morgan fingerprint density at radius 2 is 1.71 bits per heavy atom. The van der Waals surface area contributed by atoms with Crippen LogP contribution < -0.4 is 9.46 Å². The van der Waals surface area contributed by atoms with Gasteiger partial charge in [-0.25, -0.2) is 13.1 Å². The monoisotopic (exact) mass is 400 g/mol. The van der Waals surface area contributed by atoms with E-state index in [1.165, 1.54) is 26.3 Å². The van der Waals surface area contributed by atoms with Crippen LogP contribution in [0.2, 0.25) is 0 Å². The van der Waals surface area contributed by atoms with Gasteiger partial charge < -0.3 is 4.74 Å². The van der Waals surface area contributed by atoms with Crippen LogP contribution in [0, 0.1) is 12.8 Å². The maximum Gasteiger partial charge on any atom is 0.241 e. The van der Waals surface area contributed by atoms with E-state index in [0.717, 1.165) is 10.5 Å². The molecule has 1 saturated heterocycles. The molecule has 0 saturated carbocycles. The van der Waals surface area contributed by atoms with Crippen molar-refractivity contribution < 1.29 is 22.7 Å². The van der Waals surface area contributed by atoms with Crippen molar-refractivity contribution in [1.29, 1.82) is 0 Å². The summed E-state index contributed by atoms with van der Waals surface area (Å²) in [5, 5.41) is 0. The summed E-state index contributed by atoms with van der Waals surface area (Å²) in [7, 11) is -1.01. The molecule has 4 rings (SSSR count). The minimum atomic E-state index is -3.91. The fourth-order valence-corrected chi connectivity index (χ4v) is 5.34. The third-order valence-electron chi connectivity index (χ3n) is 5.51. The van der Waals surface area contributed by atoms with Crippen LogP contribution >= 0.6 is 0 Å². The van der Waals surface area contributed by atoms with Gasteiger partial charge in [0.05, 0.1) is 29.9 Å². The number of likely N-dealkylation sites (N-methyl/N-ethyl adjacent to an activating group) is 1. The zero-order chi connectivity index (χ0) is 20.2. The van der Waals surface area contributed by atoms with Crippen LogP contribution in [0.1, 0.15) is 28.7 Å². The number of imide groups is 1. The van der Waals surface area contributed by atoms with E-state index in [1.807, 2.05) is 6.92 Å². The highest BCUT2D eigenvalue weighted by molar-refractivity contribution is 7.89. The topological polar surface area (TPSA) is 92.8 Å². The fourth-order valence-electron chi connectivity index (χ4n) is 4.11. The molecule has 1 N–H and O–H groups in total. The fraction of sp³-hybridized carbons (Fsp3) is 0.300. The molecule has 2 aromatic carbocycles. The van der Waals surface area contributed by atoms with Crippen molar-refractivity contribution >= 4 is 21.8 Å². The second-order valence-corrected chi connectivity index (χ2v) is 8.83. The van der Waals surface area contributed by atoms with E-state index in [4.69, 9.17) is 4.74 Å². The Hall–Kier alpha value is -2.71. The van der Waals surface area contributed by atoms with Crippen molar-refractivity contribution in [3.63, 3.8) is 0 Å². The number of sulfonamides is 1. The molecular weight excluding hydrogens is 380 g/mol. The minimum Gasteiger partial charge on any atom is -0.496 e. The van der Waals surface area contributed by atoms with E-state index in [9.17, 15) is 18.0 Å². The number of rotatable bonds is 4. The Kier molecular flexibility index (Phi) is 4.28. The van der Waals surface area contributed by atoms with Gasteiger partial charge in [-0.05, 0) is 30.7 Å². The Balaban J connectivity index is 1.83. The van der Waals surface area contributed by atoms with E-state index in [2.05, 4.69) is 4.72 Å². The molecule has 7 nitrogen and oxygen atoms in total. The molecule has 0 aromatic heterocycles. The number of fused-ring (bicyclic) bond motifs is 3. The van der Waals surface area contributed by atoms with Gasteiger partial charge in [-0.15, -0.1) is 0 Å². The van der Waals surface area contributed by atoms with Crippen molar-refractivity contribution in [3.05, 3.63) is 59.2 Å². The summed E-state index contributed by atoms with van der Waals surface area (Å²) in [6.07, 6.45) is 0. The first kappa shape index (κ1) is 18.6. The first-order chi connectivity index (χ1) is 13.3. The van der Waals surface area contributed by atoms with Gasteiger partial charge in [0, 0.05) is 12.6 Å². The summed E-state index contributed by atoms with van der Waals surface area (Å²) in [6, 6.07) is 10.7. The SMILES string of the molecule is COc1cccc2c1[C@@H](NS(=O)(=O)c1ccc(C)cc1)[C@@H]1C(=O)N(C)C(=O)[C@H]21. The van der Waals surface area contributed by atoms with Gasteiger partial charge in [-0.1, -0.05) is 29.8 Å². The third kappa shape index (κ3) is 2.63. The molecule has 0 unspecified atom stereocenters. The van der Waals surface area contributed by atoms with Gasteiger partial charge >= 0.3 is 0 Å². The molecular formula is C20H20N2O5S. The lowest BCUT2D eigenvalue weighted by molar-refractivity contribution is -0.138. The third-order valence-corrected chi connectivity index (χ3v) is 6.97. The zero-order valence-electron chi connectivity index (χ0n) is 15.7. The van der Waals surface area contributed by atoms with Gasteiger partial charge in [-0.2, -0.15) is 0 Å². The highest BCUT2D eigenvalue weighted by Gasteiger charge is 2.57. The number of hydrogen-bond donors (Lipinski definition) is 1. The number of aryl methyl sites for hydroxylation is 1. The molecule has 1 aliphatic carbocycles. The van der Waals surface area contributed by atoms with E-state index in [-0.39, 0.29) is 10.8 Å². The highest BCUT2D eigenvalue weighted by Crippen LogP contribution is 2.53. The van der Waals surface area contributed by atoms with Crippen LogP contribution in [0.15, 0.2) is 47.4 Å². The molecule has 0 bridgehead atoms. The van der Waals surface area contributed by atoms with Crippen LogP contribution in [0.4, 0.5) is 0 Å². The average molecular weight is 400 g/mol. The number of ether oxygens (including phenoxy) is 1. The normalized spacial score (nSPS) is 23.7. The average Bonchev–Trinajstić information content (AvgIpc) is 3.10. The molecule has 2 amide bonds. The van der Waals surface area contributed by atoms with Gasteiger partial charge in [0.2, 0.25) is 21.8 Å². The molecule has 0 spiro atoms. The lowest BCUT2D eigenvalue weighted by Crippen LogP contribution is -2.36. The zero-order valence-corrected chi connectivity index (χ0v) is 16.5. The van der Waals surface area contributed by atoms with Crippen molar-refractivity contribution in [3.8, 4) is 5.75 Å². The predicted octanol–water partition coefficient (Wildman–Crippen LogP) is 1.74. The Bertz CT molecular complexity index is 1080. The number of nitrogens with zero attached hydrogens (tertiary/aromatic N) is 1. The maximum atomic E-state index is 13.0. The molecule has 3 atom stereocenters. The number of carbonyl (C=O) groups is 2. The van der Waals surface area contributed by atoms with Gasteiger partial charge in [0.25, 0.3) is 0 Å². The van der Waals surface area contributed by atoms with Gasteiger partial charge in [0.1, 0.15) is 5.75 Å². The summed E-state index contributed by atoms with van der Waals surface area (Å²) in [6.45, 7) is 1.87. The summed E-state index contributed by atoms with van der Waals surface area (Å²) >= 11 is 0. The van der Waals surface area contributed by atoms with Crippen LogP contribution in [-0.2, 0) is 19.6 Å². The Labute approximate surface area is 163 Å². The molecule has 8 heteroatoms. The number of amides is 2. The second-order valence-electron chi connectivity index (χ2n) is 7.11. The van der Waals surface area contributed by atoms with Crippen molar-refractivity contribution in [2.24, 2.45) is 5.92 Å². The number of benzene rings is 2. The van der Waals surface area contributed by atoms with Crippen molar-refractivity contribution in [2.75, 3.05) is 14.2 Å². The van der Waals surface area contributed by atoms with Gasteiger partial charge in [-0.3, -0.25) is 14.5 Å². The number of methoxy groups -OCH3 is 1. The van der Waals surface area contributed by atoms with E-state index in [1.54, 1.807) is 30.3 Å². The minimum absolute atomic E-state index is 0.100. The maximum absolute atomic E-state index is 13.0. The molecule has 2 aromatic rings. The summed E-state index contributed by atoms with van der Waals surface area (Å²) < 4.78 is 34.1. The number of carbonyl (C=O) groups excluding carboxylic acids is 2. The largest absolute Gasteiger partial charge is 0.496 e. The molecule has 1 heterocycles. The summed E-state index contributed by atoms with van der Waals surface area (Å²) in [5.74, 6) is -1.82. The highest BCUT2D eigenvalue weighted by atomic mass is 32.2. The number of hydrogen-bond acceptors (Lipinski definition) is 5. The first-order valence-electron chi connectivity index (χ1n) is 8.83. The predicted molar refractivity (Wildman–Crippen MR) is 101 cm³/mol. The van der Waals surface area contributed by atoms with Gasteiger partial charge in [0.15, 0.2) is 0 Å². The molecule has 146 valence electrons. The smallest absolute Gasteiger partial charge is 0.241 e. The molecule has 1 aliphatic heterocycles. The summed E-state index contributed by atoms with van der Waals surface area (Å²) in [5.41, 5.74) is 2.11. The van der Waals surface area contributed by atoms with Crippen LogP contribution in [0.5, 0.6) is 5.75 Å². The molecule has 2 aliphatic rings. The van der Waals surface area contributed by atoms with Crippen LogP contribution in [0.25, 0.3) is 0 Å². The van der Waals surface area contributed by atoms with E-state index < -0.39 is 33.8 Å². The summed E-state index contributed by atoms with van der Waals surface area (Å²) in [4.78, 5) is 26.6. The number of nitrogens with one attached hydrogen (secondary N) is 1. The van der Waals surface area contributed by atoms with Crippen LogP contribution in [0.3, 0.4) is 0 Å². The molecule has 1 fully saturated rings.